The van der Waals surface area contributed by atoms with Gasteiger partial charge in [0.25, 0.3) is 0 Å². The van der Waals surface area contributed by atoms with Gasteiger partial charge in [0.05, 0.1) is 0 Å². The van der Waals surface area contributed by atoms with Crippen LogP contribution in [0.5, 0.6) is 0 Å². The molecule has 0 fully saturated rings. The van der Waals surface area contributed by atoms with Crippen molar-refractivity contribution in [3.8, 4) is 0 Å². The van der Waals surface area contributed by atoms with Gasteiger partial charge in [-0.05, 0) is 23.6 Å². The topological polar surface area (TPSA) is 0 Å². The van der Waals surface area contributed by atoms with E-state index in [1.54, 1.807) is 0 Å². The van der Waals surface area contributed by atoms with E-state index in [0.717, 1.165) is 18.8 Å². The van der Waals surface area contributed by atoms with Crippen LogP contribution in [0.15, 0.2) is 0 Å². The number of thiocarbonyl (C=S) groups is 1. The zero-order valence-electron chi connectivity index (χ0n) is 10.3. The molecule has 0 aromatic heterocycles. The molecule has 0 saturated heterocycles. The molecule has 0 atom stereocenters. The number of hydrogen-bond donors (Lipinski definition) is 0. The molecule has 2 heteroatoms. The normalized spacial score (nSPS) is 6.57. The fraction of sp³-hybridized carbons (Fsp3) is 0.917. The van der Waals surface area contributed by atoms with Gasteiger partial charge in [-0.15, -0.1) is 0 Å². The Balaban J connectivity index is -0.0000000400. The number of rotatable bonds is 3. The molecule has 0 radical (unpaired) electrons. The summed E-state index contributed by atoms with van der Waals surface area (Å²) in [6.07, 6.45) is 2.18. The van der Waals surface area contributed by atoms with Crippen molar-refractivity contribution in [1.29, 1.82) is 0 Å². The molecule has 0 aliphatic heterocycles. The van der Waals surface area contributed by atoms with Crippen LogP contribution in [0.25, 0.3) is 0 Å². The summed E-state index contributed by atoms with van der Waals surface area (Å²) in [4.78, 5) is 1.21. The van der Waals surface area contributed by atoms with Crippen LogP contribution < -0.4 is 0 Å². The van der Waals surface area contributed by atoms with Gasteiger partial charge in [0.2, 0.25) is 0 Å². The third kappa shape index (κ3) is 37.7. The Morgan fingerprint density at radius 2 is 1.36 bits per heavy atom. The molecule has 92 valence electrons. The predicted octanol–water partition coefficient (Wildman–Crippen LogP) is 5.50. The minimum Gasteiger partial charge on any atom is -0.0897 e. The van der Waals surface area contributed by atoms with Gasteiger partial charge in [0, 0.05) is 37.7 Å². The van der Waals surface area contributed by atoms with Crippen molar-refractivity contribution in [3.63, 3.8) is 0 Å². The maximum absolute atomic E-state index is 5.03. The molecule has 0 heterocycles. The monoisotopic (exact) mass is 246 g/mol. The summed E-state index contributed by atoms with van der Waals surface area (Å²) in [5.74, 6) is 0.738. The molecule has 0 amide bonds. The van der Waals surface area contributed by atoms with Gasteiger partial charge in [-0.2, -0.15) is 0 Å². The van der Waals surface area contributed by atoms with Crippen LogP contribution in [-0.2, 0) is 0 Å². The second kappa shape index (κ2) is 29.3. The average molecular weight is 246 g/mol. The second-order valence-electron chi connectivity index (χ2n) is 2.49. The SMILES string of the molecule is C.CC.CC.CCC(=S)CC(C)C.[Ar]. The van der Waals surface area contributed by atoms with Gasteiger partial charge in [0.1, 0.15) is 0 Å². The molecule has 0 spiro atoms. The molecule has 0 nitrogen and oxygen atoms in total. The van der Waals surface area contributed by atoms with Crippen LogP contribution in [0.1, 0.15) is 68.7 Å². The van der Waals surface area contributed by atoms with Crippen molar-refractivity contribution in [1.82, 2.24) is 0 Å². The van der Waals surface area contributed by atoms with E-state index in [2.05, 4.69) is 20.8 Å². The fourth-order valence-corrected chi connectivity index (χ4v) is 0.933. The van der Waals surface area contributed by atoms with Gasteiger partial charge in [-0.1, -0.05) is 68.1 Å². The third-order valence-electron chi connectivity index (χ3n) is 1.03. The smallest absolute Gasteiger partial charge is 0 e. The molecule has 0 saturated carbocycles. The molecular weight excluding hydrogens is 216 g/mol. The van der Waals surface area contributed by atoms with Crippen LogP contribution in [0.4, 0.5) is 0 Å². The van der Waals surface area contributed by atoms with Crippen molar-refractivity contribution in [2.24, 2.45) is 5.92 Å². The molecule has 0 N–H and O–H groups in total. The zero-order chi connectivity index (χ0) is 10.6. The van der Waals surface area contributed by atoms with E-state index in [0.29, 0.717) is 0 Å². The molecule has 0 rings (SSSR count). The van der Waals surface area contributed by atoms with E-state index in [9.17, 15) is 0 Å². The summed E-state index contributed by atoms with van der Waals surface area (Å²) >= 11 is 5.03. The Morgan fingerprint density at radius 1 is 1.07 bits per heavy atom. The Kier molecular flexibility index (Phi) is 61.7. The maximum Gasteiger partial charge on any atom is 0 e. The summed E-state index contributed by atoms with van der Waals surface area (Å²) in [6.45, 7) is 14.5. The molecule has 0 unspecified atom stereocenters. The Labute approximate surface area is 128 Å². The van der Waals surface area contributed by atoms with Crippen molar-refractivity contribution < 1.29 is 37.7 Å². The van der Waals surface area contributed by atoms with Crippen LogP contribution in [0.3, 0.4) is 0 Å². The first kappa shape index (κ1) is 29.5. The van der Waals surface area contributed by atoms with Crippen LogP contribution in [-0.4, -0.2) is 4.86 Å². The van der Waals surface area contributed by atoms with Crippen molar-refractivity contribution in [2.75, 3.05) is 0 Å². The first-order valence-electron chi connectivity index (χ1n) is 5.18. The van der Waals surface area contributed by atoms with E-state index in [-0.39, 0.29) is 45.2 Å². The molecule has 0 bridgehead atoms. The number of hydrogen-bond acceptors (Lipinski definition) is 1. The third-order valence-corrected chi connectivity index (χ3v) is 1.49. The molecule has 14 heavy (non-hydrogen) atoms. The minimum absolute atomic E-state index is 0. The molecular formula is C12H30ArS. The van der Waals surface area contributed by atoms with E-state index in [1.165, 1.54) is 4.86 Å². The molecule has 0 aromatic rings. The standard InChI is InChI=1S/C7H14S.2C2H6.CH4.Ar/c1-4-7(8)5-6(2)3;2*1-2;;/h6H,4-5H2,1-3H3;2*1-2H3;1H4;. The first-order valence-corrected chi connectivity index (χ1v) is 5.59. The van der Waals surface area contributed by atoms with E-state index >= 15 is 0 Å². The van der Waals surface area contributed by atoms with Crippen LogP contribution >= 0.6 is 12.2 Å². The molecule has 0 aromatic carbocycles. The summed E-state index contributed by atoms with van der Waals surface area (Å²) in [5.41, 5.74) is 0. The van der Waals surface area contributed by atoms with Crippen molar-refractivity contribution in [3.05, 3.63) is 0 Å². The Bertz CT molecular complexity index is 80.4. The predicted molar refractivity (Wildman–Crippen MR) is 71.8 cm³/mol. The second-order valence-corrected chi connectivity index (χ2v) is 3.07. The van der Waals surface area contributed by atoms with Gasteiger partial charge in [0.15, 0.2) is 0 Å². The quantitative estimate of drug-likeness (QED) is 0.592. The largest absolute Gasteiger partial charge is 0.0897 e. The summed E-state index contributed by atoms with van der Waals surface area (Å²) in [7, 11) is 0. The van der Waals surface area contributed by atoms with Crippen LogP contribution in [0, 0.1) is 43.7 Å². The molecule has 0 aliphatic rings. The Hall–Kier alpha value is 1.35. The van der Waals surface area contributed by atoms with E-state index in [1.807, 2.05) is 27.7 Å². The summed E-state index contributed by atoms with van der Waals surface area (Å²) in [5, 5.41) is 0. The molecule has 0 aliphatic carbocycles. The van der Waals surface area contributed by atoms with Gasteiger partial charge in [-0.25, -0.2) is 0 Å². The van der Waals surface area contributed by atoms with Crippen molar-refractivity contribution >= 4 is 17.1 Å². The summed E-state index contributed by atoms with van der Waals surface area (Å²) < 4.78 is 0. The zero-order valence-corrected chi connectivity index (χ0v) is 11.8. The van der Waals surface area contributed by atoms with Gasteiger partial charge in [-0.3, -0.25) is 0 Å². The first-order chi connectivity index (χ1) is 5.66. The fourth-order valence-electron chi connectivity index (χ4n) is 0.600. The van der Waals surface area contributed by atoms with Crippen LogP contribution in [0.2, 0.25) is 0 Å². The van der Waals surface area contributed by atoms with E-state index in [4.69, 9.17) is 12.2 Å². The van der Waals surface area contributed by atoms with Crippen molar-refractivity contribution in [2.45, 2.75) is 68.7 Å². The van der Waals surface area contributed by atoms with Gasteiger partial charge >= 0.3 is 0 Å². The summed E-state index contributed by atoms with van der Waals surface area (Å²) in [6, 6.07) is 0. The minimum atomic E-state index is 0. The Morgan fingerprint density at radius 3 is 1.43 bits per heavy atom. The van der Waals surface area contributed by atoms with E-state index < -0.39 is 0 Å². The average Bonchev–Trinajstić information content (AvgIpc) is 2.10. The maximum atomic E-state index is 5.03. The van der Waals surface area contributed by atoms with Gasteiger partial charge < -0.3 is 0 Å².